The van der Waals surface area contributed by atoms with Gasteiger partial charge >= 0.3 is 98.7 Å². The van der Waals surface area contributed by atoms with Crippen LogP contribution in [0.25, 0.3) is 39.3 Å². The number of halogens is 8. The van der Waals surface area contributed by atoms with E-state index in [9.17, 15) is 0 Å². The standard InChI is InChI=1S/2C17H14Cl4N2.C10H16N.C10H15N.4Cu.2H2N/c2*1-10(22-16-12(18)5-3-6-13(16)19)9-11(2)23-17-14(20)7-4-8-15(17)21;2*11-10-4-7-1-8(5-10)3-9(2-7)6-10;;;;;;/h2*3-10H,1-2H3;7-9,11H,1-6H2;7-9H,1-6H2;;;;;2*1H2/q2*-2;-1;;;;;+2;2*-1. The molecule has 5 N–H and O–H groups in total. The molecule has 8 fully saturated rings. The third-order valence-corrected chi connectivity index (χ3v) is 17.0. The second-order valence-electron chi connectivity index (χ2n) is 20.3. The first-order chi connectivity index (χ1) is 32.8. The molecule has 2 unspecified atom stereocenters. The van der Waals surface area contributed by atoms with E-state index in [0.29, 0.717) is 62.9 Å². The number of para-hydroxylation sites is 4. The molecule has 8 aliphatic carbocycles. The molecule has 74 heavy (non-hydrogen) atoms. The Morgan fingerprint density at radius 1 is 0.500 bits per heavy atom. The Morgan fingerprint density at radius 2 is 0.730 bits per heavy atom. The van der Waals surface area contributed by atoms with Crippen LogP contribution in [0.15, 0.2) is 100 Å². The molecule has 0 heterocycles. The number of hydrogen-bond acceptors (Lipinski definition) is 1. The van der Waals surface area contributed by atoms with Crippen LogP contribution in [0.2, 0.25) is 40.2 Å². The smallest absolute Gasteiger partial charge is 0.0420 e. The van der Waals surface area contributed by atoms with Gasteiger partial charge in [-0.15, -0.1) is 41.1 Å². The Kier molecular flexibility index (Phi) is 29.8. The van der Waals surface area contributed by atoms with Crippen LogP contribution in [0, 0.1) is 35.5 Å². The van der Waals surface area contributed by atoms with Gasteiger partial charge in [0.15, 0.2) is 0 Å². The predicted octanol–water partition coefficient (Wildman–Crippen LogP) is 23.7. The molecule has 3 radical (unpaired) electrons. The van der Waals surface area contributed by atoms with Crippen molar-refractivity contribution >= 4 is 116 Å². The maximum Gasteiger partial charge on any atom is -0.0420 e. The first-order valence-corrected chi connectivity index (χ1v) is 27.3. The topological polar surface area (TPSA) is 160 Å². The Balaban J connectivity index is 0.000000343. The van der Waals surface area contributed by atoms with Gasteiger partial charge in [-0.3, -0.25) is 0 Å². The quantitative estimate of drug-likeness (QED) is 0.131. The molecule has 8 nitrogen and oxygen atoms in total. The van der Waals surface area contributed by atoms with Crippen LogP contribution in [0.1, 0.15) is 105 Å². The summed E-state index contributed by atoms with van der Waals surface area (Å²) in [5.74, 6) is 5.83. The van der Waals surface area contributed by atoms with Crippen LogP contribution in [-0.2, 0) is 67.0 Å². The average Bonchev–Trinajstić information content (AvgIpc) is 3.26. The van der Waals surface area contributed by atoms with Crippen molar-refractivity contribution in [2.24, 2.45) is 39.5 Å². The molecule has 12 rings (SSSR count). The normalized spacial score (nSPS) is 26.0. The van der Waals surface area contributed by atoms with Gasteiger partial charge in [0, 0.05) is 74.3 Å². The SMILES string of the molecule is CC(=CC(C)[N-]c1c(Cl)cccc1Cl)[N-]c1c(Cl)cccc1Cl.CC(=CC(C)[N-]c1c(Cl)cccc1Cl)[N-]c1c(Cl)cccc1Cl.[Cu+2].[Cu].[Cu].[Cu]=[N]C12CC3CC(CC(C3)C1)C2.[NH-]C12CC3CC(CC(C3)C1)C2.[NH2-].[NH2-]. The van der Waals surface area contributed by atoms with Crippen LogP contribution in [0.3, 0.4) is 0 Å². The molecule has 8 bridgehead atoms. The maximum atomic E-state index is 8.21. The summed E-state index contributed by atoms with van der Waals surface area (Å²) < 4.78 is 4.24. The van der Waals surface area contributed by atoms with Crippen LogP contribution in [0.4, 0.5) is 22.7 Å². The molecule has 0 spiro atoms. The Morgan fingerprint density at radius 3 is 0.959 bits per heavy atom. The average molecular weight is 1360 g/mol. The zero-order valence-electron chi connectivity index (χ0n) is 41.3. The molecule has 0 aromatic heterocycles. The zero-order chi connectivity index (χ0) is 49.6. The molecular formula is C54H63Cl8Cu4N8-5. The number of allylic oxidation sites excluding steroid dienone is 2. The van der Waals surface area contributed by atoms with Gasteiger partial charge in [-0.25, -0.2) is 0 Å². The van der Waals surface area contributed by atoms with Gasteiger partial charge in [-0.05, 0) is 85.5 Å². The van der Waals surface area contributed by atoms with Crippen molar-refractivity contribution in [1.82, 2.24) is 0 Å². The fourth-order valence-corrected chi connectivity index (χ4v) is 14.5. The van der Waals surface area contributed by atoms with Crippen molar-refractivity contribution in [2.75, 3.05) is 0 Å². The largest absolute Gasteiger partial charge is 0.693 e. The molecule has 0 saturated heterocycles. The molecule has 2 atom stereocenters. The van der Waals surface area contributed by atoms with Crippen molar-refractivity contribution in [3.8, 4) is 0 Å². The molecule has 0 amide bonds. The van der Waals surface area contributed by atoms with E-state index in [1.54, 1.807) is 72.8 Å². The van der Waals surface area contributed by atoms with E-state index in [1.165, 1.54) is 77.0 Å². The van der Waals surface area contributed by atoms with Gasteiger partial charge in [-0.1, -0.05) is 175 Å². The number of nitrogens with two attached hydrogens (primary N) is 2. The van der Waals surface area contributed by atoms with E-state index in [-0.39, 0.29) is 86.7 Å². The van der Waals surface area contributed by atoms with Gasteiger partial charge in [0.2, 0.25) is 0 Å². The summed E-state index contributed by atoms with van der Waals surface area (Å²) in [6.07, 6.45) is 20.3. The minimum absolute atomic E-state index is 0. The monoisotopic (exact) mass is 1350 g/mol. The molecule has 0 aliphatic heterocycles. The fourth-order valence-electron chi connectivity index (χ4n) is 12.3. The Bertz CT molecular complexity index is 2240. The summed E-state index contributed by atoms with van der Waals surface area (Å²) in [6, 6.07) is 20.8. The van der Waals surface area contributed by atoms with Gasteiger partial charge < -0.3 is 39.3 Å². The summed E-state index contributed by atoms with van der Waals surface area (Å²) in [5.41, 5.74) is 12.3. The second kappa shape index (κ2) is 31.6. The molecule has 424 valence electrons. The predicted molar refractivity (Wildman–Crippen MR) is 303 cm³/mol. The zero-order valence-corrected chi connectivity index (χ0v) is 51.1. The van der Waals surface area contributed by atoms with Gasteiger partial charge in [0.05, 0.1) is 0 Å². The van der Waals surface area contributed by atoms with Gasteiger partial charge in [0.1, 0.15) is 0 Å². The molecule has 4 aromatic carbocycles. The van der Waals surface area contributed by atoms with Crippen LogP contribution in [0.5, 0.6) is 0 Å². The number of hydrogen-bond donors (Lipinski definition) is 0. The van der Waals surface area contributed by atoms with Gasteiger partial charge in [-0.2, -0.15) is 11.4 Å². The first-order valence-electron chi connectivity index (χ1n) is 23.8. The first kappa shape index (κ1) is 69.7. The molecular weight excluding hydrogens is 1300 g/mol. The summed E-state index contributed by atoms with van der Waals surface area (Å²) in [6.45, 7) is 7.57. The second-order valence-corrected chi connectivity index (χ2v) is 23.7. The van der Waals surface area contributed by atoms with E-state index in [2.05, 4.69) is 25.2 Å². The summed E-state index contributed by atoms with van der Waals surface area (Å²) in [7, 11) is 0. The van der Waals surface area contributed by atoms with Crippen molar-refractivity contribution in [2.45, 2.75) is 128 Å². The maximum absolute atomic E-state index is 8.21. The van der Waals surface area contributed by atoms with E-state index < -0.39 is 0 Å². The van der Waals surface area contributed by atoms with Crippen LogP contribution < -0.4 is 0 Å². The minimum atomic E-state index is -0.155. The third-order valence-electron chi connectivity index (χ3n) is 14.1. The van der Waals surface area contributed by atoms with E-state index in [1.807, 2.05) is 39.8 Å². The molecule has 20 heteroatoms. The van der Waals surface area contributed by atoms with Crippen molar-refractivity contribution < 1.29 is 67.0 Å². The summed E-state index contributed by atoms with van der Waals surface area (Å²) in [5, 5.41) is 22.0. The van der Waals surface area contributed by atoms with Crippen molar-refractivity contribution in [3.63, 3.8) is 0 Å². The van der Waals surface area contributed by atoms with Crippen molar-refractivity contribution in [3.05, 3.63) is 176 Å². The summed E-state index contributed by atoms with van der Waals surface area (Å²) >= 11 is 54.1. The number of rotatable bonds is 11. The van der Waals surface area contributed by atoms with E-state index >= 15 is 0 Å². The summed E-state index contributed by atoms with van der Waals surface area (Å²) in [4.78, 5) is 0. The number of nitrogens with one attached hydrogen (secondary N) is 1. The van der Waals surface area contributed by atoms with E-state index in [4.69, 9.17) is 114 Å². The molecule has 4 aromatic rings. The Labute approximate surface area is 520 Å². The molecule has 8 saturated carbocycles. The third kappa shape index (κ3) is 19.1. The van der Waals surface area contributed by atoms with Crippen LogP contribution in [-0.4, -0.2) is 23.2 Å². The number of benzene rings is 4. The molecule has 8 aliphatic rings. The van der Waals surface area contributed by atoms with Gasteiger partial charge in [0.25, 0.3) is 0 Å². The minimum Gasteiger partial charge on any atom is -0.693 e. The fraction of sp³-hybridized carbons (Fsp3) is 0.481. The van der Waals surface area contributed by atoms with Crippen LogP contribution >= 0.6 is 92.8 Å². The number of nitrogens with zero attached hydrogens (tertiary/aromatic N) is 5. The van der Waals surface area contributed by atoms with Crippen molar-refractivity contribution in [1.29, 1.82) is 0 Å². The van der Waals surface area contributed by atoms with E-state index in [0.717, 1.165) is 46.9 Å². The Hall–Kier alpha value is -0.362.